The lowest BCUT2D eigenvalue weighted by atomic mass is 10.1. The van der Waals surface area contributed by atoms with Gasteiger partial charge >= 0.3 is 0 Å². The van der Waals surface area contributed by atoms with E-state index in [2.05, 4.69) is 6.07 Å². The summed E-state index contributed by atoms with van der Waals surface area (Å²) in [7, 11) is 0. The molecule has 0 heterocycles. The second-order valence-electron chi connectivity index (χ2n) is 3.04. The van der Waals surface area contributed by atoms with Gasteiger partial charge in [0, 0.05) is 16.7 Å². The minimum atomic E-state index is 0.484. The van der Waals surface area contributed by atoms with Gasteiger partial charge in [0.1, 0.15) is 0 Å². The fourth-order valence-electron chi connectivity index (χ4n) is 1.35. The largest absolute Gasteiger partial charge is 0.0837 e. The first-order valence-corrected chi connectivity index (χ1v) is 5.43. The summed E-state index contributed by atoms with van der Waals surface area (Å²) in [5, 5.41) is 1.64. The van der Waals surface area contributed by atoms with Crippen molar-refractivity contribution >= 4 is 34.8 Å². The standard InChI is InChI=1S/C12H6Cl3/c13-9-5-8(6-10(14)7-9)11-3-1-2-4-12(11)15/h1-6H. The molecule has 0 aliphatic rings. The number of rotatable bonds is 1. The van der Waals surface area contributed by atoms with E-state index in [1.807, 2.05) is 24.3 Å². The van der Waals surface area contributed by atoms with Gasteiger partial charge in [0.05, 0.1) is 10.0 Å². The summed E-state index contributed by atoms with van der Waals surface area (Å²) < 4.78 is 0. The van der Waals surface area contributed by atoms with Crippen molar-refractivity contribution in [3.8, 4) is 11.1 Å². The molecule has 1 radical (unpaired) electrons. The Balaban J connectivity index is 2.59. The molecule has 0 bridgehead atoms. The molecule has 0 aromatic heterocycles. The Morgan fingerprint density at radius 2 is 1.47 bits per heavy atom. The van der Waals surface area contributed by atoms with Gasteiger partial charge in [-0.05, 0) is 23.8 Å². The second-order valence-corrected chi connectivity index (χ2v) is 4.27. The van der Waals surface area contributed by atoms with Crippen LogP contribution in [0.5, 0.6) is 0 Å². The molecule has 2 aromatic carbocycles. The molecule has 0 saturated heterocycles. The summed E-state index contributed by atoms with van der Waals surface area (Å²) in [4.78, 5) is 0. The topological polar surface area (TPSA) is 0 Å². The molecule has 2 aromatic rings. The van der Waals surface area contributed by atoms with Crippen LogP contribution in [0.15, 0.2) is 36.4 Å². The molecule has 0 fully saturated rings. The van der Waals surface area contributed by atoms with E-state index in [-0.39, 0.29) is 0 Å². The fourth-order valence-corrected chi connectivity index (χ4v) is 2.08. The molecule has 0 nitrogen and oxygen atoms in total. The average molecular weight is 257 g/mol. The van der Waals surface area contributed by atoms with Crippen LogP contribution in [0.25, 0.3) is 11.1 Å². The molecule has 0 aliphatic carbocycles. The normalized spacial score (nSPS) is 10.3. The third-order valence-corrected chi connectivity index (χ3v) is 2.72. The highest BCUT2D eigenvalue weighted by molar-refractivity contribution is 6.35. The monoisotopic (exact) mass is 255 g/mol. The Morgan fingerprint density at radius 3 is 2.07 bits per heavy atom. The zero-order valence-corrected chi connectivity index (χ0v) is 9.87. The number of halogens is 3. The molecule has 15 heavy (non-hydrogen) atoms. The van der Waals surface area contributed by atoms with Crippen LogP contribution in [-0.2, 0) is 0 Å². The van der Waals surface area contributed by atoms with Crippen LogP contribution in [0.2, 0.25) is 15.1 Å². The third-order valence-electron chi connectivity index (χ3n) is 1.99. The number of benzene rings is 2. The first-order chi connectivity index (χ1) is 7.16. The second kappa shape index (κ2) is 4.44. The van der Waals surface area contributed by atoms with Crippen molar-refractivity contribution in [1.82, 2.24) is 0 Å². The Labute approximate surface area is 103 Å². The van der Waals surface area contributed by atoms with Crippen molar-refractivity contribution in [3.05, 3.63) is 57.5 Å². The summed E-state index contributed by atoms with van der Waals surface area (Å²) >= 11 is 17.8. The van der Waals surface area contributed by atoms with Crippen LogP contribution in [0.4, 0.5) is 0 Å². The molecule has 0 saturated carbocycles. The van der Waals surface area contributed by atoms with Gasteiger partial charge in [-0.3, -0.25) is 0 Å². The van der Waals surface area contributed by atoms with Gasteiger partial charge in [-0.15, -0.1) is 0 Å². The van der Waals surface area contributed by atoms with Gasteiger partial charge < -0.3 is 0 Å². The fraction of sp³-hybridized carbons (Fsp3) is 0. The lowest BCUT2D eigenvalue weighted by Crippen LogP contribution is -1.80. The van der Waals surface area contributed by atoms with Crippen LogP contribution in [0.1, 0.15) is 0 Å². The molecule has 0 N–H and O–H groups in total. The maximum absolute atomic E-state index is 6.07. The molecule has 75 valence electrons. The molecule has 0 unspecified atom stereocenters. The molecule has 0 aliphatic heterocycles. The van der Waals surface area contributed by atoms with Crippen LogP contribution in [0, 0.1) is 6.07 Å². The summed E-state index contributed by atoms with van der Waals surface area (Å²) in [5.41, 5.74) is 1.81. The highest BCUT2D eigenvalue weighted by Gasteiger charge is 2.04. The van der Waals surface area contributed by atoms with Gasteiger partial charge in [-0.1, -0.05) is 53.0 Å². The van der Waals surface area contributed by atoms with Crippen molar-refractivity contribution in [2.45, 2.75) is 0 Å². The van der Waals surface area contributed by atoms with Gasteiger partial charge in [0.15, 0.2) is 0 Å². The van der Waals surface area contributed by atoms with E-state index < -0.39 is 0 Å². The highest BCUT2D eigenvalue weighted by Crippen LogP contribution is 2.31. The maximum Gasteiger partial charge on any atom is 0.0506 e. The van der Waals surface area contributed by atoms with Gasteiger partial charge in [-0.2, -0.15) is 0 Å². The lowest BCUT2D eigenvalue weighted by Gasteiger charge is -2.05. The van der Waals surface area contributed by atoms with Crippen LogP contribution >= 0.6 is 34.8 Å². The van der Waals surface area contributed by atoms with Crippen LogP contribution in [0.3, 0.4) is 0 Å². The first kappa shape index (κ1) is 10.8. The van der Waals surface area contributed by atoms with E-state index in [4.69, 9.17) is 34.8 Å². The Kier molecular flexibility index (Phi) is 3.20. The minimum Gasteiger partial charge on any atom is -0.0837 e. The Hall–Kier alpha value is -0.690. The lowest BCUT2D eigenvalue weighted by molar-refractivity contribution is 1.61. The minimum absolute atomic E-state index is 0.484. The Morgan fingerprint density at radius 1 is 0.867 bits per heavy atom. The molecular weight excluding hydrogens is 250 g/mol. The summed E-state index contributed by atoms with van der Waals surface area (Å²) in [6.45, 7) is 0. The van der Waals surface area contributed by atoms with Crippen molar-refractivity contribution < 1.29 is 0 Å². The predicted molar refractivity (Wildman–Crippen MR) is 65.7 cm³/mol. The van der Waals surface area contributed by atoms with Crippen molar-refractivity contribution in [2.24, 2.45) is 0 Å². The van der Waals surface area contributed by atoms with Gasteiger partial charge in [-0.25, -0.2) is 0 Å². The van der Waals surface area contributed by atoms with Crippen molar-refractivity contribution in [2.75, 3.05) is 0 Å². The van der Waals surface area contributed by atoms with Crippen molar-refractivity contribution in [1.29, 1.82) is 0 Å². The quantitative estimate of drug-likeness (QED) is 0.665. The SMILES string of the molecule is Clc1[c]c(Cl)cc(-c2ccccc2Cl)c1. The van der Waals surface area contributed by atoms with Crippen molar-refractivity contribution in [3.63, 3.8) is 0 Å². The van der Waals surface area contributed by atoms with E-state index in [1.165, 1.54) is 0 Å². The maximum atomic E-state index is 6.07. The van der Waals surface area contributed by atoms with E-state index in [9.17, 15) is 0 Å². The van der Waals surface area contributed by atoms with Gasteiger partial charge in [0.25, 0.3) is 0 Å². The molecular formula is C12H6Cl3. The van der Waals surface area contributed by atoms with Crippen LogP contribution < -0.4 is 0 Å². The molecule has 2 rings (SSSR count). The molecule has 3 heteroatoms. The average Bonchev–Trinajstić information content (AvgIpc) is 2.16. The third kappa shape index (κ3) is 2.46. The smallest absolute Gasteiger partial charge is 0.0506 e. The number of hydrogen-bond acceptors (Lipinski definition) is 0. The summed E-state index contributed by atoms with van der Waals surface area (Å²) in [5.74, 6) is 0. The zero-order valence-electron chi connectivity index (χ0n) is 7.60. The van der Waals surface area contributed by atoms with E-state index in [0.717, 1.165) is 11.1 Å². The highest BCUT2D eigenvalue weighted by atomic mass is 35.5. The van der Waals surface area contributed by atoms with E-state index in [0.29, 0.717) is 15.1 Å². The molecule has 0 amide bonds. The van der Waals surface area contributed by atoms with Gasteiger partial charge in [0.2, 0.25) is 0 Å². The first-order valence-electron chi connectivity index (χ1n) is 4.30. The van der Waals surface area contributed by atoms with Crippen LogP contribution in [-0.4, -0.2) is 0 Å². The predicted octanol–water partition coefficient (Wildman–Crippen LogP) is 5.11. The zero-order chi connectivity index (χ0) is 10.8. The number of hydrogen-bond donors (Lipinski definition) is 0. The summed E-state index contributed by atoms with van der Waals surface area (Å²) in [6, 6.07) is 13.9. The van der Waals surface area contributed by atoms with E-state index >= 15 is 0 Å². The molecule has 0 atom stereocenters. The summed E-state index contributed by atoms with van der Waals surface area (Å²) in [6.07, 6.45) is 0. The Bertz CT molecular complexity index is 472. The van der Waals surface area contributed by atoms with E-state index in [1.54, 1.807) is 12.1 Å². The molecule has 0 spiro atoms.